The molecule has 0 aliphatic heterocycles. The Morgan fingerprint density at radius 1 is 1.20 bits per heavy atom. The Kier molecular flexibility index (Phi) is 3.81. The van der Waals surface area contributed by atoms with Gasteiger partial charge in [0.05, 0.1) is 5.52 Å². The van der Waals surface area contributed by atoms with E-state index in [0.717, 1.165) is 29.7 Å². The number of para-hydroxylation sites is 1. The van der Waals surface area contributed by atoms with Crippen LogP contribution < -0.4 is 0 Å². The van der Waals surface area contributed by atoms with Crippen LogP contribution in [0.1, 0.15) is 49.5 Å². The van der Waals surface area contributed by atoms with E-state index < -0.39 is 0 Å². The van der Waals surface area contributed by atoms with Crippen LogP contribution in [0.5, 0.6) is 0 Å². The second-order valence-corrected chi connectivity index (χ2v) is 5.89. The highest BCUT2D eigenvalue weighted by Gasteiger charge is 2.27. The molecule has 1 aliphatic rings. The normalized spacial score (nSPS) is 22.9. The van der Waals surface area contributed by atoms with Crippen LogP contribution >= 0.6 is 0 Å². The third-order valence-electron chi connectivity index (χ3n) is 4.58. The number of carbonyl (C=O) groups is 1. The number of pyridine rings is 1. The molecule has 0 saturated heterocycles. The summed E-state index contributed by atoms with van der Waals surface area (Å²) in [6, 6.07) is 11.9. The van der Waals surface area contributed by atoms with Gasteiger partial charge in [-0.2, -0.15) is 0 Å². The van der Waals surface area contributed by atoms with E-state index in [2.05, 4.69) is 11.9 Å². The van der Waals surface area contributed by atoms with Gasteiger partial charge in [-0.3, -0.25) is 4.79 Å². The van der Waals surface area contributed by atoms with Crippen molar-refractivity contribution in [2.24, 2.45) is 11.8 Å². The molecule has 0 spiro atoms. The molecule has 2 nitrogen and oxygen atoms in total. The zero-order valence-corrected chi connectivity index (χ0v) is 12.0. The fourth-order valence-electron chi connectivity index (χ4n) is 3.31. The van der Waals surface area contributed by atoms with Gasteiger partial charge >= 0.3 is 0 Å². The molecule has 1 aromatic heterocycles. The van der Waals surface area contributed by atoms with Crippen molar-refractivity contribution in [3.05, 3.63) is 42.1 Å². The zero-order valence-electron chi connectivity index (χ0n) is 12.0. The molecule has 0 amide bonds. The van der Waals surface area contributed by atoms with Gasteiger partial charge in [0.25, 0.3) is 0 Å². The van der Waals surface area contributed by atoms with Crippen molar-refractivity contribution in [3.63, 3.8) is 0 Å². The van der Waals surface area contributed by atoms with Crippen LogP contribution in [0, 0.1) is 11.8 Å². The molecule has 1 aromatic carbocycles. The average molecular weight is 267 g/mol. The molecule has 1 saturated carbocycles. The summed E-state index contributed by atoms with van der Waals surface area (Å²) in [5.41, 5.74) is 1.56. The molecule has 2 atom stereocenters. The fraction of sp³-hybridized carbons (Fsp3) is 0.444. The van der Waals surface area contributed by atoms with E-state index in [4.69, 9.17) is 0 Å². The second kappa shape index (κ2) is 5.74. The third kappa shape index (κ3) is 2.60. The molecule has 20 heavy (non-hydrogen) atoms. The molecular formula is C18H21NO. The SMILES string of the molecule is CCC1CCCC(C(=O)c2ccc3ccccc3n2)C1. The lowest BCUT2D eigenvalue weighted by molar-refractivity contribution is 0.0857. The van der Waals surface area contributed by atoms with E-state index in [1.807, 2.05) is 36.4 Å². The fourth-order valence-corrected chi connectivity index (χ4v) is 3.31. The summed E-state index contributed by atoms with van der Waals surface area (Å²) in [4.78, 5) is 17.2. The molecule has 2 aromatic rings. The summed E-state index contributed by atoms with van der Waals surface area (Å²) >= 11 is 0. The van der Waals surface area contributed by atoms with Crippen LogP contribution in [0.2, 0.25) is 0 Å². The molecule has 3 rings (SSSR count). The molecule has 0 N–H and O–H groups in total. The predicted octanol–water partition coefficient (Wildman–Crippen LogP) is 4.63. The first-order chi connectivity index (χ1) is 9.78. The van der Waals surface area contributed by atoms with Crippen LogP contribution in [-0.4, -0.2) is 10.8 Å². The maximum Gasteiger partial charge on any atom is 0.184 e. The highest BCUT2D eigenvalue weighted by molar-refractivity contribution is 5.98. The Morgan fingerprint density at radius 2 is 2.05 bits per heavy atom. The summed E-state index contributed by atoms with van der Waals surface area (Å²) in [6.07, 6.45) is 5.73. The number of aromatic nitrogens is 1. The largest absolute Gasteiger partial charge is 0.292 e. The van der Waals surface area contributed by atoms with E-state index >= 15 is 0 Å². The lowest BCUT2D eigenvalue weighted by Crippen LogP contribution is -2.23. The molecule has 1 heterocycles. The van der Waals surface area contributed by atoms with Crippen molar-refractivity contribution in [3.8, 4) is 0 Å². The lowest BCUT2D eigenvalue weighted by Gasteiger charge is -2.27. The number of hydrogen-bond acceptors (Lipinski definition) is 2. The molecule has 1 fully saturated rings. The maximum absolute atomic E-state index is 12.6. The van der Waals surface area contributed by atoms with Crippen molar-refractivity contribution in [2.45, 2.75) is 39.0 Å². The Bertz CT molecular complexity index is 620. The van der Waals surface area contributed by atoms with Crippen LogP contribution in [0.3, 0.4) is 0 Å². The third-order valence-corrected chi connectivity index (χ3v) is 4.58. The number of ketones is 1. The second-order valence-electron chi connectivity index (χ2n) is 5.89. The van der Waals surface area contributed by atoms with Gasteiger partial charge in [0, 0.05) is 11.3 Å². The van der Waals surface area contributed by atoms with Crippen LogP contribution in [0.15, 0.2) is 36.4 Å². The molecular weight excluding hydrogens is 246 g/mol. The van der Waals surface area contributed by atoms with Gasteiger partial charge < -0.3 is 0 Å². The van der Waals surface area contributed by atoms with Crippen molar-refractivity contribution in [1.82, 2.24) is 4.98 Å². The van der Waals surface area contributed by atoms with Crippen molar-refractivity contribution >= 4 is 16.7 Å². The van der Waals surface area contributed by atoms with E-state index in [-0.39, 0.29) is 11.7 Å². The highest BCUT2D eigenvalue weighted by atomic mass is 16.1. The number of nitrogens with zero attached hydrogens (tertiary/aromatic N) is 1. The number of hydrogen-bond donors (Lipinski definition) is 0. The van der Waals surface area contributed by atoms with Crippen molar-refractivity contribution < 1.29 is 4.79 Å². The Labute approximate surface area is 120 Å². The Hall–Kier alpha value is -1.70. The molecule has 104 valence electrons. The summed E-state index contributed by atoms with van der Waals surface area (Å²) in [7, 11) is 0. The number of benzene rings is 1. The smallest absolute Gasteiger partial charge is 0.184 e. The molecule has 2 unspecified atom stereocenters. The average Bonchev–Trinajstić information content (AvgIpc) is 2.53. The van der Waals surface area contributed by atoms with E-state index in [1.165, 1.54) is 19.3 Å². The molecule has 2 heteroatoms. The van der Waals surface area contributed by atoms with Gasteiger partial charge in [0.15, 0.2) is 5.78 Å². The number of Topliss-reactive ketones (excluding diaryl/α,β-unsaturated/α-hetero) is 1. The highest BCUT2D eigenvalue weighted by Crippen LogP contribution is 2.32. The first kappa shape index (κ1) is 13.3. The van der Waals surface area contributed by atoms with Crippen molar-refractivity contribution in [2.75, 3.05) is 0 Å². The monoisotopic (exact) mass is 267 g/mol. The van der Waals surface area contributed by atoms with E-state index in [9.17, 15) is 4.79 Å². The number of rotatable bonds is 3. The summed E-state index contributed by atoms with van der Waals surface area (Å²) in [5.74, 6) is 1.15. The quantitative estimate of drug-likeness (QED) is 0.759. The Morgan fingerprint density at radius 3 is 2.90 bits per heavy atom. The van der Waals surface area contributed by atoms with Gasteiger partial charge in [-0.25, -0.2) is 4.98 Å². The van der Waals surface area contributed by atoms with Crippen molar-refractivity contribution in [1.29, 1.82) is 0 Å². The maximum atomic E-state index is 12.6. The first-order valence-corrected chi connectivity index (χ1v) is 7.68. The lowest BCUT2D eigenvalue weighted by atomic mass is 9.77. The van der Waals surface area contributed by atoms with Gasteiger partial charge in [-0.05, 0) is 30.9 Å². The number of carbonyl (C=O) groups excluding carboxylic acids is 1. The molecule has 1 aliphatic carbocycles. The van der Waals surface area contributed by atoms with Gasteiger partial charge in [-0.1, -0.05) is 50.5 Å². The standard InChI is InChI=1S/C18H21NO/c1-2-13-6-5-8-15(12-13)18(20)17-11-10-14-7-3-4-9-16(14)19-17/h3-4,7,9-11,13,15H,2,5-6,8,12H2,1H3. The summed E-state index contributed by atoms with van der Waals surface area (Å²) in [6.45, 7) is 2.23. The molecule has 0 radical (unpaired) electrons. The summed E-state index contributed by atoms with van der Waals surface area (Å²) in [5, 5.41) is 1.10. The topological polar surface area (TPSA) is 30.0 Å². The Balaban J connectivity index is 1.84. The van der Waals surface area contributed by atoms with Gasteiger partial charge in [0.1, 0.15) is 5.69 Å². The van der Waals surface area contributed by atoms with E-state index in [1.54, 1.807) is 0 Å². The van der Waals surface area contributed by atoms with Crippen LogP contribution in [-0.2, 0) is 0 Å². The van der Waals surface area contributed by atoms with E-state index in [0.29, 0.717) is 5.69 Å². The minimum Gasteiger partial charge on any atom is -0.292 e. The van der Waals surface area contributed by atoms with Gasteiger partial charge in [-0.15, -0.1) is 0 Å². The zero-order chi connectivity index (χ0) is 13.9. The predicted molar refractivity (Wildman–Crippen MR) is 81.8 cm³/mol. The van der Waals surface area contributed by atoms with Crippen LogP contribution in [0.4, 0.5) is 0 Å². The minimum atomic E-state index is 0.183. The van der Waals surface area contributed by atoms with Gasteiger partial charge in [0.2, 0.25) is 0 Å². The first-order valence-electron chi connectivity index (χ1n) is 7.68. The van der Waals surface area contributed by atoms with Crippen LogP contribution in [0.25, 0.3) is 10.9 Å². The minimum absolute atomic E-state index is 0.183. The number of fused-ring (bicyclic) bond motifs is 1. The summed E-state index contributed by atoms with van der Waals surface area (Å²) < 4.78 is 0. The molecule has 0 bridgehead atoms.